The van der Waals surface area contributed by atoms with Gasteiger partial charge in [-0.3, -0.25) is 9.59 Å². The van der Waals surface area contributed by atoms with Gasteiger partial charge in [-0.15, -0.1) is 0 Å². The topological polar surface area (TPSA) is 55.4 Å². The minimum atomic E-state index is -0.388. The highest BCUT2D eigenvalue weighted by Gasteiger charge is 2.10. The van der Waals surface area contributed by atoms with Gasteiger partial charge in [-0.05, 0) is 19.1 Å². The molecule has 0 aromatic heterocycles. The molecular formula is C13H14BrNO3S. The van der Waals surface area contributed by atoms with Gasteiger partial charge >= 0.3 is 5.97 Å². The van der Waals surface area contributed by atoms with Gasteiger partial charge in [-0.2, -0.15) is 0 Å². The molecule has 0 spiro atoms. The molecular weight excluding hydrogens is 330 g/mol. The molecule has 4 nitrogen and oxygen atoms in total. The van der Waals surface area contributed by atoms with Crippen LogP contribution in [0.2, 0.25) is 0 Å². The minimum Gasteiger partial charge on any atom is -0.465 e. The molecule has 0 heterocycles. The van der Waals surface area contributed by atoms with Crippen LogP contribution in [0.5, 0.6) is 0 Å². The predicted octanol–water partition coefficient (Wildman–Crippen LogP) is 2.50. The van der Waals surface area contributed by atoms with Gasteiger partial charge in [0.2, 0.25) is 0 Å². The highest BCUT2D eigenvalue weighted by atomic mass is 79.9. The quantitative estimate of drug-likeness (QED) is 0.488. The summed E-state index contributed by atoms with van der Waals surface area (Å²) in [6.07, 6.45) is 0.0797. The van der Waals surface area contributed by atoms with Crippen molar-refractivity contribution in [1.29, 1.82) is 0 Å². The molecule has 0 saturated heterocycles. The maximum atomic E-state index is 11.9. The zero-order chi connectivity index (χ0) is 14.3. The van der Waals surface area contributed by atoms with Gasteiger partial charge in [0.1, 0.15) is 6.54 Å². The number of hydrogen-bond acceptors (Lipinski definition) is 4. The van der Waals surface area contributed by atoms with E-state index in [1.165, 1.54) is 0 Å². The highest BCUT2D eigenvalue weighted by Crippen LogP contribution is 2.12. The lowest BCUT2D eigenvalue weighted by atomic mass is 10.1. The van der Waals surface area contributed by atoms with Crippen molar-refractivity contribution in [2.45, 2.75) is 13.3 Å². The molecule has 6 heteroatoms. The molecule has 1 N–H and O–H groups in total. The van der Waals surface area contributed by atoms with E-state index in [1.54, 1.807) is 31.2 Å². The highest BCUT2D eigenvalue weighted by molar-refractivity contribution is 9.10. The van der Waals surface area contributed by atoms with Crippen LogP contribution in [0.25, 0.3) is 0 Å². The number of carbonyl (C=O) groups is 2. The molecule has 0 bridgehead atoms. The molecule has 0 radical (unpaired) electrons. The SMILES string of the molecule is CCOC(=O)CNC(=S)CC(=O)c1ccc(Br)cc1. The Morgan fingerprint density at radius 2 is 1.95 bits per heavy atom. The van der Waals surface area contributed by atoms with E-state index in [9.17, 15) is 9.59 Å². The number of esters is 1. The van der Waals surface area contributed by atoms with Crippen LogP contribution in [0.15, 0.2) is 28.7 Å². The van der Waals surface area contributed by atoms with Crippen LogP contribution in [0.1, 0.15) is 23.7 Å². The number of rotatable bonds is 6. The number of benzene rings is 1. The van der Waals surface area contributed by atoms with Gasteiger partial charge in [-0.25, -0.2) is 0 Å². The molecule has 0 aliphatic heterocycles. The Labute approximate surface area is 125 Å². The fraction of sp³-hybridized carbons (Fsp3) is 0.308. The first-order chi connectivity index (χ1) is 9.02. The third-order valence-corrected chi connectivity index (χ3v) is 3.04. The predicted molar refractivity (Wildman–Crippen MR) is 80.3 cm³/mol. The number of carbonyl (C=O) groups excluding carboxylic acids is 2. The zero-order valence-electron chi connectivity index (χ0n) is 10.4. The number of ether oxygens (including phenoxy) is 1. The normalized spacial score (nSPS) is 9.79. The lowest BCUT2D eigenvalue weighted by Gasteiger charge is -2.07. The minimum absolute atomic E-state index is 0.0136. The summed E-state index contributed by atoms with van der Waals surface area (Å²) in [4.78, 5) is 23.3. The lowest BCUT2D eigenvalue weighted by Crippen LogP contribution is -2.30. The summed E-state index contributed by atoms with van der Waals surface area (Å²) in [5, 5.41) is 2.71. The largest absolute Gasteiger partial charge is 0.465 e. The van der Waals surface area contributed by atoms with E-state index >= 15 is 0 Å². The summed E-state index contributed by atoms with van der Waals surface area (Å²) in [7, 11) is 0. The second kappa shape index (κ2) is 8.01. The van der Waals surface area contributed by atoms with Gasteiger partial charge in [0.05, 0.1) is 18.0 Å². The number of Topliss-reactive ketones (excluding diaryl/α,β-unsaturated/α-hetero) is 1. The van der Waals surface area contributed by atoms with Crippen LogP contribution < -0.4 is 5.32 Å². The van der Waals surface area contributed by atoms with E-state index in [2.05, 4.69) is 21.2 Å². The Kier molecular flexibility index (Phi) is 6.66. The molecule has 0 fully saturated rings. The van der Waals surface area contributed by atoms with Crippen molar-refractivity contribution in [3.05, 3.63) is 34.3 Å². The Bertz CT molecular complexity index is 473. The van der Waals surface area contributed by atoms with Crippen molar-refractivity contribution in [2.24, 2.45) is 0 Å². The number of halogens is 1. The standard InChI is InChI=1S/C13H14BrNO3S/c1-2-18-13(17)8-15-12(19)7-11(16)9-3-5-10(14)6-4-9/h3-6H,2,7-8H2,1H3,(H,15,19). The molecule has 1 rings (SSSR count). The first-order valence-corrected chi connectivity index (χ1v) is 6.94. The first kappa shape index (κ1) is 15.8. The molecule has 0 saturated carbocycles. The maximum Gasteiger partial charge on any atom is 0.325 e. The summed E-state index contributed by atoms with van der Waals surface area (Å²) in [6, 6.07) is 7.03. The second-order valence-corrected chi connectivity index (χ2v) is 5.10. The van der Waals surface area contributed by atoms with E-state index in [0.717, 1.165) is 4.47 Å². The fourth-order valence-corrected chi connectivity index (χ4v) is 1.80. The molecule has 0 aliphatic carbocycles. The first-order valence-electron chi connectivity index (χ1n) is 5.74. The van der Waals surface area contributed by atoms with Crippen molar-refractivity contribution in [2.75, 3.05) is 13.2 Å². The van der Waals surface area contributed by atoms with E-state index in [4.69, 9.17) is 17.0 Å². The van der Waals surface area contributed by atoms with Crippen LogP contribution in [0, 0.1) is 0 Å². The third kappa shape index (κ3) is 5.94. The zero-order valence-corrected chi connectivity index (χ0v) is 12.8. The molecule has 19 heavy (non-hydrogen) atoms. The van der Waals surface area contributed by atoms with Gasteiger partial charge in [0.25, 0.3) is 0 Å². The van der Waals surface area contributed by atoms with Crippen molar-refractivity contribution >= 4 is 44.9 Å². The average molecular weight is 344 g/mol. The lowest BCUT2D eigenvalue weighted by molar-refractivity contribution is -0.141. The monoisotopic (exact) mass is 343 g/mol. The van der Waals surface area contributed by atoms with Crippen molar-refractivity contribution in [3.8, 4) is 0 Å². The average Bonchev–Trinajstić information content (AvgIpc) is 2.37. The molecule has 0 aliphatic rings. The van der Waals surface area contributed by atoms with Crippen LogP contribution >= 0.6 is 28.1 Å². The van der Waals surface area contributed by atoms with Crippen molar-refractivity contribution in [1.82, 2.24) is 5.32 Å². The summed E-state index contributed by atoms with van der Waals surface area (Å²) in [6.45, 7) is 2.04. The molecule has 0 atom stereocenters. The van der Waals surface area contributed by atoms with Gasteiger partial charge in [-0.1, -0.05) is 40.3 Å². The van der Waals surface area contributed by atoms with E-state index in [0.29, 0.717) is 17.2 Å². The van der Waals surface area contributed by atoms with E-state index in [-0.39, 0.29) is 24.7 Å². The summed E-state index contributed by atoms with van der Waals surface area (Å²) >= 11 is 8.31. The van der Waals surface area contributed by atoms with Crippen LogP contribution in [0.4, 0.5) is 0 Å². The number of ketones is 1. The van der Waals surface area contributed by atoms with Gasteiger partial charge in [0, 0.05) is 10.0 Å². The fourth-order valence-electron chi connectivity index (χ4n) is 1.33. The molecule has 0 amide bonds. The van der Waals surface area contributed by atoms with E-state index < -0.39 is 0 Å². The van der Waals surface area contributed by atoms with E-state index in [1.807, 2.05) is 0 Å². The van der Waals surface area contributed by atoms with Crippen LogP contribution in [-0.4, -0.2) is 29.9 Å². The van der Waals surface area contributed by atoms with Crippen LogP contribution in [0.3, 0.4) is 0 Å². The molecule has 1 aromatic rings. The number of hydrogen-bond donors (Lipinski definition) is 1. The summed E-state index contributed by atoms with van der Waals surface area (Å²) in [5.41, 5.74) is 0.587. The second-order valence-electron chi connectivity index (χ2n) is 3.69. The Balaban J connectivity index is 2.42. The number of nitrogens with one attached hydrogen (secondary N) is 1. The summed E-state index contributed by atoms with van der Waals surface area (Å²) < 4.78 is 5.65. The molecule has 1 aromatic carbocycles. The maximum absolute atomic E-state index is 11.9. The Hall–Kier alpha value is -1.27. The Morgan fingerprint density at radius 1 is 1.32 bits per heavy atom. The third-order valence-electron chi connectivity index (χ3n) is 2.22. The van der Waals surface area contributed by atoms with Gasteiger partial charge in [0.15, 0.2) is 5.78 Å². The number of thiocarbonyl (C=S) groups is 1. The van der Waals surface area contributed by atoms with Crippen molar-refractivity contribution < 1.29 is 14.3 Å². The summed E-state index contributed by atoms with van der Waals surface area (Å²) in [5.74, 6) is -0.477. The van der Waals surface area contributed by atoms with Gasteiger partial charge < -0.3 is 10.1 Å². The smallest absolute Gasteiger partial charge is 0.325 e. The van der Waals surface area contributed by atoms with Crippen molar-refractivity contribution in [3.63, 3.8) is 0 Å². The Morgan fingerprint density at radius 3 is 2.53 bits per heavy atom. The van der Waals surface area contributed by atoms with Crippen LogP contribution in [-0.2, 0) is 9.53 Å². The molecule has 0 unspecified atom stereocenters. The molecule has 102 valence electrons.